The lowest BCUT2D eigenvalue weighted by Gasteiger charge is -2.47. The summed E-state index contributed by atoms with van der Waals surface area (Å²) in [5.74, 6) is -0.974. The van der Waals surface area contributed by atoms with Crippen LogP contribution in [0.1, 0.15) is 76.8 Å². The average Bonchev–Trinajstić information content (AvgIpc) is 3.48. The number of esters is 2. The summed E-state index contributed by atoms with van der Waals surface area (Å²) < 4.78 is 20.1. The number of hydrogen-bond acceptors (Lipinski definition) is 5. The summed E-state index contributed by atoms with van der Waals surface area (Å²) in [4.78, 5) is 26.9. The van der Waals surface area contributed by atoms with Crippen molar-refractivity contribution in [2.45, 2.75) is 95.8 Å². The fraction of sp³-hybridized carbons (Fsp3) is 0.562. The first-order chi connectivity index (χ1) is 18.4. The van der Waals surface area contributed by atoms with E-state index in [1.807, 2.05) is 74.5 Å². The molecule has 204 valence electrons. The molecule has 3 atom stereocenters. The highest BCUT2D eigenvalue weighted by atomic mass is 16.7. The lowest BCUT2D eigenvalue weighted by Crippen LogP contribution is -2.60. The Labute approximate surface area is 226 Å². The van der Waals surface area contributed by atoms with Gasteiger partial charge in [0.25, 0.3) is 0 Å². The van der Waals surface area contributed by atoms with Crippen LogP contribution < -0.4 is 0 Å². The van der Waals surface area contributed by atoms with Gasteiger partial charge in [-0.1, -0.05) is 81.4 Å². The van der Waals surface area contributed by atoms with Crippen LogP contribution in [0.5, 0.6) is 0 Å². The molecule has 0 saturated carbocycles. The van der Waals surface area contributed by atoms with Crippen molar-refractivity contribution in [2.75, 3.05) is 13.1 Å². The SMILES string of the molecule is CCC(=O)OC(OC(C(=O)OC1CC2CCC(C1)[N+]21CCCC1)(c1ccccc1)c1ccccc1)C(C)C. The van der Waals surface area contributed by atoms with Crippen LogP contribution in [0.2, 0.25) is 0 Å². The van der Waals surface area contributed by atoms with Gasteiger partial charge in [-0.2, -0.15) is 0 Å². The highest BCUT2D eigenvalue weighted by Crippen LogP contribution is 2.47. The lowest BCUT2D eigenvalue weighted by atomic mass is 9.85. The minimum Gasteiger partial charge on any atom is -0.459 e. The summed E-state index contributed by atoms with van der Waals surface area (Å²) in [6.45, 7) is 8.16. The molecule has 3 aliphatic rings. The van der Waals surface area contributed by atoms with Crippen molar-refractivity contribution >= 4 is 11.9 Å². The number of rotatable bonds is 9. The van der Waals surface area contributed by atoms with Crippen LogP contribution >= 0.6 is 0 Å². The summed E-state index contributed by atoms with van der Waals surface area (Å²) in [7, 11) is 0. The van der Waals surface area contributed by atoms with Gasteiger partial charge in [0.05, 0.1) is 25.2 Å². The summed E-state index contributed by atoms with van der Waals surface area (Å²) in [6.07, 6.45) is 6.03. The molecular formula is C32H42NO5+. The van der Waals surface area contributed by atoms with Crippen LogP contribution in [-0.2, 0) is 29.4 Å². The molecule has 3 saturated heterocycles. The van der Waals surface area contributed by atoms with Crippen molar-refractivity contribution in [3.63, 3.8) is 0 Å². The lowest BCUT2D eigenvalue weighted by molar-refractivity contribution is -0.956. The zero-order valence-electron chi connectivity index (χ0n) is 23.0. The first kappa shape index (κ1) is 26.9. The highest BCUT2D eigenvalue weighted by molar-refractivity contribution is 5.86. The largest absolute Gasteiger partial charge is 0.459 e. The molecule has 3 aliphatic heterocycles. The van der Waals surface area contributed by atoms with E-state index in [9.17, 15) is 9.59 Å². The molecule has 6 nitrogen and oxygen atoms in total. The molecule has 2 aromatic carbocycles. The summed E-state index contributed by atoms with van der Waals surface area (Å²) in [5, 5.41) is 0. The van der Waals surface area contributed by atoms with Gasteiger partial charge in [0.15, 0.2) is 0 Å². The molecule has 0 radical (unpaired) electrons. The van der Waals surface area contributed by atoms with Crippen molar-refractivity contribution in [2.24, 2.45) is 5.92 Å². The van der Waals surface area contributed by atoms with E-state index in [0.717, 1.165) is 12.8 Å². The maximum absolute atomic E-state index is 14.5. The Hall–Kier alpha value is -2.70. The number of benzene rings is 2. The van der Waals surface area contributed by atoms with Crippen LogP contribution in [0.25, 0.3) is 0 Å². The Balaban J connectivity index is 1.51. The van der Waals surface area contributed by atoms with E-state index in [4.69, 9.17) is 14.2 Å². The van der Waals surface area contributed by atoms with Crippen molar-refractivity contribution in [1.82, 2.24) is 0 Å². The molecule has 0 N–H and O–H groups in total. The fourth-order valence-electron chi connectivity index (χ4n) is 7.16. The molecule has 0 aliphatic carbocycles. The predicted octanol–water partition coefficient (Wildman–Crippen LogP) is 5.73. The molecule has 3 unspecified atom stereocenters. The number of ether oxygens (including phenoxy) is 3. The molecule has 1 spiro atoms. The first-order valence-electron chi connectivity index (χ1n) is 14.4. The van der Waals surface area contributed by atoms with Gasteiger partial charge in [-0.15, -0.1) is 0 Å². The molecular weight excluding hydrogens is 478 g/mol. The number of nitrogens with zero attached hydrogens (tertiary/aromatic N) is 1. The van der Waals surface area contributed by atoms with Gasteiger partial charge in [0.2, 0.25) is 11.9 Å². The fourth-order valence-corrected chi connectivity index (χ4v) is 7.16. The Bertz CT molecular complexity index is 1040. The molecule has 2 aromatic rings. The van der Waals surface area contributed by atoms with Gasteiger partial charge in [0.1, 0.15) is 6.10 Å². The Morgan fingerprint density at radius 1 is 0.895 bits per heavy atom. The average molecular weight is 521 g/mol. The Morgan fingerprint density at radius 3 is 1.89 bits per heavy atom. The summed E-state index contributed by atoms with van der Waals surface area (Å²) in [6, 6.07) is 20.1. The van der Waals surface area contributed by atoms with E-state index in [2.05, 4.69) is 0 Å². The standard InChI is InChI=1S/C32H42NO5/c1-4-29(34)37-30(23(2)3)38-32(24-13-7-5-8-14-24,25-15-9-6-10-16-25)31(35)36-28-21-26-17-18-27(22-28)33(26)19-11-12-20-33/h5-10,13-16,23,26-28,30H,4,11-12,17-22H2,1-3H3/q+1. The number of carbonyl (C=O) groups excluding carboxylic acids is 2. The molecule has 0 aromatic heterocycles. The van der Waals surface area contributed by atoms with Crippen molar-refractivity contribution < 1.29 is 28.3 Å². The molecule has 6 heteroatoms. The number of piperidine rings is 1. The van der Waals surface area contributed by atoms with Gasteiger partial charge >= 0.3 is 11.9 Å². The molecule has 0 amide bonds. The first-order valence-corrected chi connectivity index (χ1v) is 14.4. The quantitative estimate of drug-likeness (QED) is 0.240. The van der Waals surface area contributed by atoms with E-state index in [1.165, 1.54) is 43.3 Å². The van der Waals surface area contributed by atoms with E-state index in [-0.39, 0.29) is 24.4 Å². The van der Waals surface area contributed by atoms with Crippen molar-refractivity contribution in [1.29, 1.82) is 0 Å². The second-order valence-corrected chi connectivity index (χ2v) is 11.6. The van der Waals surface area contributed by atoms with E-state index in [0.29, 0.717) is 23.2 Å². The van der Waals surface area contributed by atoms with Gasteiger partial charge in [0, 0.05) is 50.9 Å². The smallest absolute Gasteiger partial charge is 0.348 e. The number of hydrogen-bond donors (Lipinski definition) is 0. The molecule has 3 fully saturated rings. The minimum atomic E-state index is -1.57. The third-order valence-electron chi connectivity index (χ3n) is 9.05. The highest BCUT2D eigenvalue weighted by Gasteiger charge is 2.57. The van der Waals surface area contributed by atoms with Gasteiger partial charge < -0.3 is 18.7 Å². The molecule has 38 heavy (non-hydrogen) atoms. The number of carbonyl (C=O) groups is 2. The van der Waals surface area contributed by atoms with Crippen molar-refractivity contribution in [3.05, 3.63) is 71.8 Å². The minimum absolute atomic E-state index is 0.143. The summed E-state index contributed by atoms with van der Waals surface area (Å²) >= 11 is 0. The van der Waals surface area contributed by atoms with Gasteiger partial charge in [-0.25, -0.2) is 4.79 Å². The molecule has 5 rings (SSSR count). The van der Waals surface area contributed by atoms with Crippen molar-refractivity contribution in [3.8, 4) is 0 Å². The van der Waals surface area contributed by atoms with E-state index in [1.54, 1.807) is 6.92 Å². The maximum atomic E-state index is 14.5. The Kier molecular flexibility index (Phi) is 7.92. The predicted molar refractivity (Wildman–Crippen MR) is 145 cm³/mol. The van der Waals surface area contributed by atoms with Crippen LogP contribution in [0.15, 0.2) is 60.7 Å². The second-order valence-electron chi connectivity index (χ2n) is 11.6. The zero-order chi connectivity index (χ0) is 26.8. The Morgan fingerprint density at radius 2 is 1.42 bits per heavy atom. The van der Waals surface area contributed by atoms with Crippen LogP contribution in [0.4, 0.5) is 0 Å². The topological polar surface area (TPSA) is 61.8 Å². The van der Waals surface area contributed by atoms with Gasteiger partial charge in [-0.3, -0.25) is 4.79 Å². The third-order valence-corrected chi connectivity index (χ3v) is 9.05. The van der Waals surface area contributed by atoms with Crippen LogP contribution in [-0.4, -0.2) is 54.0 Å². The molecule has 2 bridgehead atoms. The summed E-state index contributed by atoms with van der Waals surface area (Å²) in [5.41, 5.74) is -0.241. The normalized spacial score (nSPS) is 24.9. The second kappa shape index (κ2) is 11.2. The van der Waals surface area contributed by atoms with Gasteiger partial charge in [-0.05, 0) is 11.1 Å². The third kappa shape index (κ3) is 4.89. The van der Waals surface area contributed by atoms with Crippen LogP contribution in [0, 0.1) is 5.92 Å². The molecule has 3 heterocycles. The number of quaternary nitrogens is 1. The van der Waals surface area contributed by atoms with E-state index < -0.39 is 17.9 Å². The maximum Gasteiger partial charge on any atom is 0.348 e. The van der Waals surface area contributed by atoms with E-state index >= 15 is 0 Å². The monoisotopic (exact) mass is 520 g/mol. The van der Waals surface area contributed by atoms with Crippen LogP contribution in [0.3, 0.4) is 0 Å². The zero-order valence-corrected chi connectivity index (χ0v) is 23.0.